The highest BCUT2D eigenvalue weighted by Crippen LogP contribution is 2.32. The molecule has 0 radical (unpaired) electrons. The van der Waals surface area contributed by atoms with Gasteiger partial charge in [0, 0.05) is 12.2 Å². The van der Waals surface area contributed by atoms with Crippen molar-refractivity contribution < 1.29 is 23.8 Å². The third kappa shape index (κ3) is 5.08. The van der Waals surface area contributed by atoms with Crippen LogP contribution < -0.4 is 0 Å². The predicted octanol–water partition coefficient (Wildman–Crippen LogP) is 3.99. The molecule has 5 nitrogen and oxygen atoms in total. The second-order valence-corrected chi connectivity index (χ2v) is 6.53. The normalized spacial score (nSPS) is 18.9. The third-order valence-electron chi connectivity index (χ3n) is 4.58. The minimum absolute atomic E-state index is 0.260. The number of hydrogen-bond acceptors (Lipinski definition) is 5. The summed E-state index contributed by atoms with van der Waals surface area (Å²) in [5.74, 6) is -1.76. The SMILES string of the molecule is CCOC(=O)[C@H]1C=C(c2ccccc2)OC(=O)[C@H]1CCOCc1ccccc1. The van der Waals surface area contributed by atoms with Crippen LogP contribution in [0.2, 0.25) is 0 Å². The third-order valence-corrected chi connectivity index (χ3v) is 4.58. The molecule has 3 rings (SSSR count). The first-order valence-corrected chi connectivity index (χ1v) is 9.46. The molecular formula is C23H24O5. The minimum atomic E-state index is -0.684. The Kier molecular flexibility index (Phi) is 6.98. The summed E-state index contributed by atoms with van der Waals surface area (Å²) in [6, 6.07) is 19.1. The molecule has 2 atom stereocenters. The average Bonchev–Trinajstić information content (AvgIpc) is 2.73. The van der Waals surface area contributed by atoms with Crippen molar-refractivity contribution in [2.24, 2.45) is 11.8 Å². The molecule has 146 valence electrons. The number of carbonyl (C=O) groups excluding carboxylic acids is 2. The monoisotopic (exact) mass is 380 g/mol. The number of carbonyl (C=O) groups is 2. The number of benzene rings is 2. The fourth-order valence-electron chi connectivity index (χ4n) is 3.14. The molecule has 0 saturated heterocycles. The molecule has 0 saturated carbocycles. The van der Waals surface area contributed by atoms with Gasteiger partial charge in [-0.05, 0) is 25.0 Å². The van der Waals surface area contributed by atoms with Crippen LogP contribution in [-0.4, -0.2) is 25.2 Å². The summed E-state index contributed by atoms with van der Waals surface area (Å²) in [7, 11) is 0. The highest BCUT2D eigenvalue weighted by atomic mass is 16.5. The van der Waals surface area contributed by atoms with E-state index in [-0.39, 0.29) is 6.61 Å². The second-order valence-electron chi connectivity index (χ2n) is 6.53. The molecule has 1 heterocycles. The molecule has 0 spiro atoms. The first-order chi connectivity index (χ1) is 13.7. The number of rotatable bonds is 8. The van der Waals surface area contributed by atoms with Crippen LogP contribution in [0.4, 0.5) is 0 Å². The van der Waals surface area contributed by atoms with Gasteiger partial charge in [0.05, 0.1) is 25.0 Å². The Bertz CT molecular complexity index is 813. The maximum atomic E-state index is 12.6. The van der Waals surface area contributed by atoms with Gasteiger partial charge in [-0.25, -0.2) is 0 Å². The van der Waals surface area contributed by atoms with Crippen LogP contribution in [0.1, 0.15) is 24.5 Å². The van der Waals surface area contributed by atoms with E-state index in [0.29, 0.717) is 25.4 Å². The molecule has 0 unspecified atom stereocenters. The molecule has 0 aromatic heterocycles. The molecule has 0 aliphatic carbocycles. The second kappa shape index (κ2) is 9.85. The van der Waals surface area contributed by atoms with Crippen LogP contribution in [0.3, 0.4) is 0 Å². The molecular weight excluding hydrogens is 356 g/mol. The molecule has 0 fully saturated rings. The lowest BCUT2D eigenvalue weighted by Crippen LogP contribution is -2.35. The lowest BCUT2D eigenvalue weighted by Gasteiger charge is -2.27. The van der Waals surface area contributed by atoms with Gasteiger partial charge in [0.25, 0.3) is 0 Å². The molecule has 2 aromatic carbocycles. The molecule has 1 aliphatic heterocycles. The quantitative estimate of drug-likeness (QED) is 0.512. The van der Waals surface area contributed by atoms with E-state index in [1.807, 2.05) is 60.7 Å². The fourth-order valence-corrected chi connectivity index (χ4v) is 3.14. The van der Waals surface area contributed by atoms with E-state index in [0.717, 1.165) is 11.1 Å². The fraction of sp³-hybridized carbons (Fsp3) is 0.304. The van der Waals surface area contributed by atoms with Gasteiger partial charge in [-0.3, -0.25) is 9.59 Å². The van der Waals surface area contributed by atoms with E-state index in [1.54, 1.807) is 13.0 Å². The van der Waals surface area contributed by atoms with Gasteiger partial charge in [0.15, 0.2) is 0 Å². The van der Waals surface area contributed by atoms with E-state index < -0.39 is 23.8 Å². The maximum absolute atomic E-state index is 12.6. The smallest absolute Gasteiger partial charge is 0.315 e. The standard InChI is InChI=1S/C23H24O5/c1-2-27-22(24)20-15-21(18-11-7-4-8-12-18)28-23(25)19(20)13-14-26-16-17-9-5-3-6-10-17/h3-12,15,19-20H,2,13-14,16H2,1H3/t19-,20-/m0/s1. The Labute approximate surface area is 164 Å². The van der Waals surface area contributed by atoms with E-state index in [1.165, 1.54) is 0 Å². The number of cyclic esters (lactones) is 1. The predicted molar refractivity (Wildman–Crippen MR) is 105 cm³/mol. The number of esters is 2. The molecule has 0 amide bonds. The van der Waals surface area contributed by atoms with Crippen LogP contribution in [0.5, 0.6) is 0 Å². The van der Waals surface area contributed by atoms with Crippen molar-refractivity contribution in [2.45, 2.75) is 20.0 Å². The summed E-state index contributed by atoms with van der Waals surface area (Å²) >= 11 is 0. The zero-order valence-corrected chi connectivity index (χ0v) is 15.9. The largest absolute Gasteiger partial charge is 0.466 e. The lowest BCUT2D eigenvalue weighted by atomic mass is 9.86. The minimum Gasteiger partial charge on any atom is -0.466 e. The van der Waals surface area contributed by atoms with Gasteiger partial charge in [0.2, 0.25) is 0 Å². The van der Waals surface area contributed by atoms with Gasteiger partial charge < -0.3 is 14.2 Å². The van der Waals surface area contributed by atoms with Crippen LogP contribution in [0.25, 0.3) is 5.76 Å². The van der Waals surface area contributed by atoms with Crippen molar-refractivity contribution in [3.63, 3.8) is 0 Å². The zero-order valence-electron chi connectivity index (χ0n) is 15.9. The van der Waals surface area contributed by atoms with Gasteiger partial charge in [-0.1, -0.05) is 60.7 Å². The van der Waals surface area contributed by atoms with Gasteiger partial charge in [-0.2, -0.15) is 0 Å². The molecule has 0 bridgehead atoms. The summed E-state index contributed by atoms with van der Waals surface area (Å²) in [6.45, 7) is 2.81. The van der Waals surface area contributed by atoms with E-state index in [9.17, 15) is 9.59 Å². The molecule has 1 aliphatic rings. The number of ether oxygens (including phenoxy) is 3. The van der Waals surface area contributed by atoms with Crippen LogP contribution in [0, 0.1) is 11.8 Å². The summed E-state index contributed by atoms with van der Waals surface area (Å²) < 4.78 is 16.4. The summed E-state index contributed by atoms with van der Waals surface area (Å²) in [6.07, 6.45) is 2.07. The Hall–Kier alpha value is -2.92. The zero-order chi connectivity index (χ0) is 19.8. The molecule has 28 heavy (non-hydrogen) atoms. The van der Waals surface area contributed by atoms with Crippen molar-refractivity contribution in [1.82, 2.24) is 0 Å². The maximum Gasteiger partial charge on any atom is 0.315 e. The van der Waals surface area contributed by atoms with E-state index in [4.69, 9.17) is 14.2 Å². The van der Waals surface area contributed by atoms with Crippen molar-refractivity contribution >= 4 is 17.7 Å². The summed E-state index contributed by atoms with van der Waals surface area (Å²) in [5, 5.41) is 0. The van der Waals surface area contributed by atoms with Crippen molar-refractivity contribution in [3.05, 3.63) is 77.9 Å². The summed E-state index contributed by atoms with van der Waals surface area (Å²) in [5.41, 5.74) is 1.81. The Morgan fingerprint density at radius 1 is 1.04 bits per heavy atom. The van der Waals surface area contributed by atoms with Gasteiger partial charge >= 0.3 is 11.9 Å². The van der Waals surface area contributed by atoms with Crippen molar-refractivity contribution in [1.29, 1.82) is 0 Å². The van der Waals surface area contributed by atoms with E-state index in [2.05, 4.69) is 0 Å². The first kappa shape index (κ1) is 19.8. The Balaban J connectivity index is 1.68. The lowest BCUT2D eigenvalue weighted by molar-refractivity contribution is -0.157. The summed E-state index contributed by atoms with van der Waals surface area (Å²) in [4.78, 5) is 25.1. The Morgan fingerprint density at radius 3 is 2.39 bits per heavy atom. The Morgan fingerprint density at radius 2 is 1.71 bits per heavy atom. The molecule has 2 aromatic rings. The highest BCUT2D eigenvalue weighted by Gasteiger charge is 2.39. The van der Waals surface area contributed by atoms with Crippen LogP contribution >= 0.6 is 0 Å². The topological polar surface area (TPSA) is 61.8 Å². The van der Waals surface area contributed by atoms with Gasteiger partial charge in [-0.15, -0.1) is 0 Å². The van der Waals surface area contributed by atoms with E-state index >= 15 is 0 Å². The van der Waals surface area contributed by atoms with Crippen LogP contribution in [-0.2, 0) is 30.4 Å². The van der Waals surface area contributed by atoms with Crippen molar-refractivity contribution in [3.8, 4) is 0 Å². The molecule has 0 N–H and O–H groups in total. The van der Waals surface area contributed by atoms with Crippen LogP contribution in [0.15, 0.2) is 66.7 Å². The molecule has 5 heteroatoms. The number of hydrogen-bond donors (Lipinski definition) is 0. The first-order valence-electron chi connectivity index (χ1n) is 9.46. The highest BCUT2D eigenvalue weighted by molar-refractivity contribution is 5.90. The van der Waals surface area contributed by atoms with Crippen molar-refractivity contribution in [2.75, 3.05) is 13.2 Å². The van der Waals surface area contributed by atoms with Gasteiger partial charge in [0.1, 0.15) is 5.76 Å². The average molecular weight is 380 g/mol.